The molecule has 0 radical (unpaired) electrons. The number of nitrogens with one attached hydrogen (secondary N) is 1. The van der Waals surface area contributed by atoms with Crippen LogP contribution in [0.2, 0.25) is 0 Å². The highest BCUT2D eigenvalue weighted by Crippen LogP contribution is 2.30. The highest BCUT2D eigenvalue weighted by molar-refractivity contribution is 8.01. The Morgan fingerprint density at radius 3 is 2.54 bits per heavy atom. The molecule has 0 saturated heterocycles. The summed E-state index contributed by atoms with van der Waals surface area (Å²) in [5, 5.41) is 1.87. The number of esters is 1. The van der Waals surface area contributed by atoms with E-state index in [0.717, 1.165) is 15.6 Å². The molecule has 0 atom stereocenters. The number of H-pyrrole nitrogens is 1. The zero-order chi connectivity index (χ0) is 20.3. The average molecular weight is 419 g/mol. The third kappa shape index (κ3) is 4.34. The van der Waals surface area contributed by atoms with Gasteiger partial charge in [0.25, 0.3) is 0 Å². The third-order valence-corrected chi connectivity index (χ3v) is 6.10. The van der Waals surface area contributed by atoms with Crippen molar-refractivity contribution in [2.75, 3.05) is 12.4 Å². The molecule has 0 aliphatic heterocycles. The van der Waals surface area contributed by atoms with Gasteiger partial charge in [-0.25, -0.2) is 14.2 Å². The largest absolute Gasteiger partial charge is 0.462 e. The van der Waals surface area contributed by atoms with Crippen LogP contribution in [-0.2, 0) is 4.74 Å². The van der Waals surface area contributed by atoms with Crippen molar-refractivity contribution in [3.63, 3.8) is 0 Å². The monoisotopic (exact) mass is 418 g/mol. The lowest BCUT2D eigenvalue weighted by atomic mass is 10.1. The zero-order valence-electron chi connectivity index (χ0n) is 15.7. The van der Waals surface area contributed by atoms with E-state index < -0.39 is 5.97 Å². The first-order chi connectivity index (χ1) is 13.4. The standard InChI is InChI=1S/C20H19FN2O3S2/c1-4-26-19(25)18-12(3)22-11(2)17(18)16(24)10-28-20-23-15(9-27-20)13-5-7-14(21)8-6-13/h5-9,22H,4,10H2,1-3H3. The van der Waals surface area contributed by atoms with E-state index >= 15 is 0 Å². The van der Waals surface area contributed by atoms with Crippen molar-refractivity contribution in [1.29, 1.82) is 0 Å². The van der Waals surface area contributed by atoms with Crippen LogP contribution in [0.4, 0.5) is 4.39 Å². The van der Waals surface area contributed by atoms with Crippen LogP contribution < -0.4 is 0 Å². The first-order valence-electron chi connectivity index (χ1n) is 8.64. The summed E-state index contributed by atoms with van der Waals surface area (Å²) in [5.74, 6) is -0.798. The second-order valence-electron chi connectivity index (χ2n) is 6.06. The Balaban J connectivity index is 1.73. The fourth-order valence-corrected chi connectivity index (χ4v) is 4.57. The number of hydrogen-bond acceptors (Lipinski definition) is 6. The number of Topliss-reactive ketones (excluding diaryl/α,β-unsaturated/α-hetero) is 1. The maximum atomic E-state index is 13.1. The number of nitrogens with zero attached hydrogens (tertiary/aromatic N) is 1. The lowest BCUT2D eigenvalue weighted by Gasteiger charge is -2.05. The summed E-state index contributed by atoms with van der Waals surface area (Å²) < 4.78 is 18.9. The molecule has 0 amide bonds. The summed E-state index contributed by atoms with van der Waals surface area (Å²) in [6.45, 7) is 5.49. The summed E-state index contributed by atoms with van der Waals surface area (Å²) in [6.07, 6.45) is 0. The maximum Gasteiger partial charge on any atom is 0.340 e. The zero-order valence-corrected chi connectivity index (χ0v) is 17.3. The van der Waals surface area contributed by atoms with Crippen molar-refractivity contribution in [2.45, 2.75) is 25.1 Å². The molecule has 3 rings (SSSR count). The molecule has 0 unspecified atom stereocenters. The smallest absolute Gasteiger partial charge is 0.340 e. The second kappa shape index (κ2) is 8.70. The van der Waals surface area contributed by atoms with Crippen LogP contribution in [0.5, 0.6) is 0 Å². The minimum atomic E-state index is -0.495. The lowest BCUT2D eigenvalue weighted by molar-refractivity contribution is 0.0522. The Hall–Kier alpha value is -2.45. The van der Waals surface area contributed by atoms with E-state index in [0.29, 0.717) is 22.5 Å². The molecule has 0 aliphatic carbocycles. The lowest BCUT2D eigenvalue weighted by Crippen LogP contribution is -2.13. The molecule has 8 heteroatoms. The van der Waals surface area contributed by atoms with Gasteiger partial charge in [0.1, 0.15) is 5.82 Å². The van der Waals surface area contributed by atoms with E-state index in [9.17, 15) is 14.0 Å². The SMILES string of the molecule is CCOC(=O)c1c(C)[nH]c(C)c1C(=O)CSc1nc(-c2ccc(F)cc2)cs1. The maximum absolute atomic E-state index is 13.1. The van der Waals surface area contributed by atoms with Gasteiger partial charge in [-0.15, -0.1) is 11.3 Å². The Morgan fingerprint density at radius 1 is 1.18 bits per heavy atom. The number of halogens is 1. The van der Waals surface area contributed by atoms with Gasteiger partial charge in [0.2, 0.25) is 0 Å². The van der Waals surface area contributed by atoms with Gasteiger partial charge in [0.15, 0.2) is 10.1 Å². The Bertz CT molecular complexity index is 1010. The molecular formula is C20H19FN2O3S2. The number of rotatable bonds is 7. The number of benzene rings is 1. The van der Waals surface area contributed by atoms with Crippen molar-refractivity contribution in [1.82, 2.24) is 9.97 Å². The van der Waals surface area contributed by atoms with Crippen molar-refractivity contribution >= 4 is 34.9 Å². The average Bonchev–Trinajstić information content (AvgIpc) is 3.24. The van der Waals surface area contributed by atoms with Gasteiger partial charge in [-0.3, -0.25) is 4.79 Å². The molecule has 0 saturated carbocycles. The number of aryl methyl sites for hydroxylation is 2. The predicted molar refractivity (Wildman–Crippen MR) is 109 cm³/mol. The summed E-state index contributed by atoms with van der Waals surface area (Å²) >= 11 is 2.73. The number of thiazole rings is 1. The van der Waals surface area contributed by atoms with E-state index in [1.54, 1.807) is 32.9 Å². The first-order valence-corrected chi connectivity index (χ1v) is 10.5. The number of carbonyl (C=O) groups excluding carboxylic acids is 2. The van der Waals surface area contributed by atoms with Crippen molar-refractivity contribution in [2.24, 2.45) is 0 Å². The van der Waals surface area contributed by atoms with E-state index in [1.165, 1.54) is 35.2 Å². The fourth-order valence-electron chi connectivity index (χ4n) is 2.86. The highest BCUT2D eigenvalue weighted by Gasteiger charge is 2.25. The van der Waals surface area contributed by atoms with Gasteiger partial charge >= 0.3 is 5.97 Å². The van der Waals surface area contributed by atoms with Crippen LogP contribution in [0.3, 0.4) is 0 Å². The Labute approximate surface area is 170 Å². The number of carbonyl (C=O) groups is 2. The van der Waals surface area contributed by atoms with Gasteiger partial charge in [-0.1, -0.05) is 11.8 Å². The first kappa shape index (κ1) is 20.3. The molecule has 0 bridgehead atoms. The molecule has 2 heterocycles. The van der Waals surface area contributed by atoms with E-state index in [2.05, 4.69) is 9.97 Å². The number of ketones is 1. The minimum Gasteiger partial charge on any atom is -0.462 e. The van der Waals surface area contributed by atoms with Gasteiger partial charge in [-0.2, -0.15) is 0 Å². The van der Waals surface area contributed by atoms with E-state index in [-0.39, 0.29) is 24.0 Å². The van der Waals surface area contributed by atoms with Crippen molar-refractivity contribution < 1.29 is 18.7 Å². The van der Waals surface area contributed by atoms with E-state index in [4.69, 9.17) is 4.74 Å². The molecule has 5 nitrogen and oxygen atoms in total. The molecule has 146 valence electrons. The van der Waals surface area contributed by atoms with Crippen LogP contribution in [0.15, 0.2) is 34.0 Å². The predicted octanol–water partition coefficient (Wildman–Crippen LogP) is 5.05. The number of hydrogen-bond donors (Lipinski definition) is 1. The molecule has 0 fully saturated rings. The second-order valence-corrected chi connectivity index (χ2v) is 8.14. The summed E-state index contributed by atoms with van der Waals surface area (Å²) in [4.78, 5) is 32.6. The molecule has 1 N–H and O–H groups in total. The Kier molecular flexibility index (Phi) is 6.31. The molecule has 2 aromatic heterocycles. The van der Waals surface area contributed by atoms with Crippen LogP contribution in [0.1, 0.15) is 39.0 Å². The number of ether oxygens (including phenoxy) is 1. The van der Waals surface area contributed by atoms with Gasteiger partial charge in [0, 0.05) is 22.3 Å². The summed E-state index contributed by atoms with van der Waals surface area (Å²) in [5.41, 5.74) is 3.50. The molecule has 3 aromatic rings. The van der Waals surface area contributed by atoms with Crippen LogP contribution in [0.25, 0.3) is 11.3 Å². The minimum absolute atomic E-state index is 0.154. The van der Waals surface area contributed by atoms with Crippen molar-refractivity contribution in [3.05, 3.63) is 58.0 Å². The van der Waals surface area contributed by atoms with Crippen LogP contribution >= 0.6 is 23.1 Å². The summed E-state index contributed by atoms with van der Waals surface area (Å²) in [6, 6.07) is 6.11. The third-order valence-electron chi connectivity index (χ3n) is 4.08. The number of thioether (sulfide) groups is 1. The fraction of sp³-hybridized carbons (Fsp3) is 0.250. The highest BCUT2D eigenvalue weighted by atomic mass is 32.2. The van der Waals surface area contributed by atoms with Gasteiger partial charge in [0.05, 0.1) is 29.2 Å². The van der Waals surface area contributed by atoms with Gasteiger partial charge < -0.3 is 9.72 Å². The molecule has 28 heavy (non-hydrogen) atoms. The van der Waals surface area contributed by atoms with Gasteiger partial charge in [-0.05, 0) is 45.0 Å². The Morgan fingerprint density at radius 2 is 1.86 bits per heavy atom. The summed E-state index contributed by atoms with van der Waals surface area (Å²) in [7, 11) is 0. The molecule has 1 aromatic carbocycles. The normalized spacial score (nSPS) is 10.9. The van der Waals surface area contributed by atoms with Crippen molar-refractivity contribution in [3.8, 4) is 11.3 Å². The van der Waals surface area contributed by atoms with E-state index in [1.807, 2.05) is 5.38 Å². The quantitative estimate of drug-likeness (QED) is 0.330. The van der Waals surface area contributed by atoms with Crippen LogP contribution in [-0.4, -0.2) is 34.1 Å². The van der Waals surface area contributed by atoms with Crippen LogP contribution in [0, 0.1) is 19.7 Å². The molecule has 0 spiro atoms. The number of aromatic nitrogens is 2. The molecular weight excluding hydrogens is 399 g/mol. The number of aromatic amines is 1. The molecule has 0 aliphatic rings. The topological polar surface area (TPSA) is 72.1 Å².